The molecule has 5 heteroatoms. The van der Waals surface area contributed by atoms with E-state index in [0.29, 0.717) is 10.9 Å². The van der Waals surface area contributed by atoms with Crippen molar-refractivity contribution in [1.82, 2.24) is 14.4 Å². The topological polar surface area (TPSA) is 33.4 Å². The molecule has 0 saturated carbocycles. The zero-order valence-electron chi connectivity index (χ0n) is 9.86. The standard InChI is InChI=1S/C12H15ClN4/c1-9-8-17-11(16-5-3-2-4-6-16)7-10(13)15-12(17)14-9/h7-8H,2-6H2,1H3. The van der Waals surface area contributed by atoms with Gasteiger partial charge in [-0.3, -0.25) is 4.40 Å². The van der Waals surface area contributed by atoms with Gasteiger partial charge in [-0.05, 0) is 26.2 Å². The Morgan fingerprint density at radius 3 is 2.71 bits per heavy atom. The molecule has 0 atom stereocenters. The van der Waals surface area contributed by atoms with Crippen LogP contribution in [-0.2, 0) is 0 Å². The Hall–Kier alpha value is -1.29. The maximum atomic E-state index is 6.06. The lowest BCUT2D eigenvalue weighted by atomic mass is 10.1. The lowest BCUT2D eigenvalue weighted by Crippen LogP contribution is -2.31. The second-order valence-corrected chi connectivity index (χ2v) is 4.92. The number of rotatable bonds is 1. The average Bonchev–Trinajstić information content (AvgIpc) is 2.69. The molecule has 0 spiro atoms. The van der Waals surface area contributed by atoms with Crippen LogP contribution in [0, 0.1) is 6.92 Å². The van der Waals surface area contributed by atoms with E-state index in [4.69, 9.17) is 11.6 Å². The number of imidazole rings is 1. The van der Waals surface area contributed by atoms with Crippen molar-refractivity contribution in [1.29, 1.82) is 0 Å². The van der Waals surface area contributed by atoms with Crippen LogP contribution in [0.25, 0.3) is 5.78 Å². The van der Waals surface area contributed by atoms with Gasteiger partial charge in [0, 0.05) is 25.4 Å². The van der Waals surface area contributed by atoms with Crippen molar-refractivity contribution in [2.24, 2.45) is 0 Å². The molecule has 2 aromatic rings. The number of aryl methyl sites for hydroxylation is 1. The predicted octanol–water partition coefficient (Wildman–Crippen LogP) is 2.68. The normalized spacial score (nSPS) is 16.7. The molecule has 1 aliphatic rings. The first-order valence-corrected chi connectivity index (χ1v) is 6.39. The molecule has 1 aliphatic heterocycles. The van der Waals surface area contributed by atoms with E-state index in [9.17, 15) is 0 Å². The highest BCUT2D eigenvalue weighted by atomic mass is 35.5. The van der Waals surface area contributed by atoms with E-state index in [1.54, 1.807) is 0 Å². The molecule has 0 unspecified atom stereocenters. The predicted molar refractivity (Wildman–Crippen MR) is 68.8 cm³/mol. The Labute approximate surface area is 105 Å². The van der Waals surface area contributed by atoms with E-state index in [1.165, 1.54) is 19.3 Å². The smallest absolute Gasteiger partial charge is 0.237 e. The van der Waals surface area contributed by atoms with Crippen LogP contribution < -0.4 is 4.90 Å². The van der Waals surface area contributed by atoms with Crippen molar-refractivity contribution < 1.29 is 0 Å². The SMILES string of the molecule is Cc1cn2c(N3CCCCC3)cc(Cl)nc2n1. The molecule has 0 N–H and O–H groups in total. The van der Waals surface area contributed by atoms with Crippen LogP contribution in [-0.4, -0.2) is 27.5 Å². The zero-order chi connectivity index (χ0) is 11.8. The highest BCUT2D eigenvalue weighted by Crippen LogP contribution is 2.23. The van der Waals surface area contributed by atoms with Crippen LogP contribution in [0.2, 0.25) is 5.15 Å². The highest BCUT2D eigenvalue weighted by Gasteiger charge is 2.15. The van der Waals surface area contributed by atoms with E-state index in [0.717, 1.165) is 24.6 Å². The van der Waals surface area contributed by atoms with E-state index in [1.807, 2.05) is 23.6 Å². The van der Waals surface area contributed by atoms with Gasteiger partial charge in [-0.2, -0.15) is 0 Å². The molecule has 3 heterocycles. The van der Waals surface area contributed by atoms with Gasteiger partial charge in [0.15, 0.2) is 0 Å². The monoisotopic (exact) mass is 250 g/mol. The Kier molecular flexibility index (Phi) is 2.67. The average molecular weight is 251 g/mol. The van der Waals surface area contributed by atoms with Gasteiger partial charge in [0.1, 0.15) is 11.0 Å². The fraction of sp³-hybridized carbons (Fsp3) is 0.500. The molecule has 1 fully saturated rings. The third-order valence-electron chi connectivity index (χ3n) is 3.19. The molecule has 0 radical (unpaired) electrons. The molecule has 0 aromatic carbocycles. The Morgan fingerprint density at radius 2 is 1.94 bits per heavy atom. The summed E-state index contributed by atoms with van der Waals surface area (Å²) in [4.78, 5) is 11.0. The summed E-state index contributed by atoms with van der Waals surface area (Å²) in [7, 11) is 0. The second-order valence-electron chi connectivity index (χ2n) is 4.54. The minimum Gasteiger partial charge on any atom is -0.358 e. The van der Waals surface area contributed by atoms with Gasteiger partial charge in [-0.25, -0.2) is 9.97 Å². The van der Waals surface area contributed by atoms with Crippen LogP contribution in [0.3, 0.4) is 0 Å². The van der Waals surface area contributed by atoms with E-state index >= 15 is 0 Å². The number of hydrogen-bond acceptors (Lipinski definition) is 3. The molecule has 3 rings (SSSR count). The molecule has 4 nitrogen and oxygen atoms in total. The number of anilines is 1. The third-order valence-corrected chi connectivity index (χ3v) is 3.38. The summed E-state index contributed by atoms with van der Waals surface area (Å²) in [5.41, 5.74) is 0.970. The summed E-state index contributed by atoms with van der Waals surface area (Å²) in [6, 6.07) is 1.93. The van der Waals surface area contributed by atoms with Crippen LogP contribution >= 0.6 is 11.6 Å². The molecule has 17 heavy (non-hydrogen) atoms. The van der Waals surface area contributed by atoms with Gasteiger partial charge in [0.2, 0.25) is 5.78 Å². The number of halogens is 1. The highest BCUT2D eigenvalue weighted by molar-refractivity contribution is 6.29. The third kappa shape index (κ3) is 1.97. The van der Waals surface area contributed by atoms with Crippen molar-refractivity contribution in [3.63, 3.8) is 0 Å². The summed E-state index contributed by atoms with van der Waals surface area (Å²) >= 11 is 6.06. The molecular weight excluding hydrogens is 236 g/mol. The Bertz CT molecular complexity index is 543. The summed E-state index contributed by atoms with van der Waals surface area (Å²) in [5.74, 6) is 1.80. The molecule has 0 bridgehead atoms. The Morgan fingerprint density at radius 1 is 1.18 bits per heavy atom. The summed E-state index contributed by atoms with van der Waals surface area (Å²) in [6.07, 6.45) is 5.83. The maximum absolute atomic E-state index is 6.06. The molecule has 1 saturated heterocycles. The van der Waals surface area contributed by atoms with E-state index in [-0.39, 0.29) is 0 Å². The van der Waals surface area contributed by atoms with E-state index < -0.39 is 0 Å². The van der Waals surface area contributed by atoms with Crippen LogP contribution in [0.1, 0.15) is 25.0 Å². The van der Waals surface area contributed by atoms with Crippen molar-refractivity contribution in [2.75, 3.05) is 18.0 Å². The molecule has 0 aliphatic carbocycles. The number of aromatic nitrogens is 3. The van der Waals surface area contributed by atoms with Gasteiger partial charge in [0.05, 0.1) is 5.69 Å². The van der Waals surface area contributed by atoms with Crippen LogP contribution in [0.5, 0.6) is 0 Å². The number of nitrogens with zero attached hydrogens (tertiary/aromatic N) is 4. The van der Waals surface area contributed by atoms with Crippen molar-refractivity contribution in [2.45, 2.75) is 26.2 Å². The van der Waals surface area contributed by atoms with Crippen LogP contribution in [0.4, 0.5) is 5.82 Å². The van der Waals surface area contributed by atoms with Gasteiger partial charge < -0.3 is 4.90 Å². The summed E-state index contributed by atoms with van der Waals surface area (Å²) < 4.78 is 2.03. The fourth-order valence-electron chi connectivity index (χ4n) is 2.40. The number of fused-ring (bicyclic) bond motifs is 1. The maximum Gasteiger partial charge on any atom is 0.237 e. The zero-order valence-corrected chi connectivity index (χ0v) is 10.6. The van der Waals surface area contributed by atoms with Gasteiger partial charge in [-0.15, -0.1) is 0 Å². The van der Waals surface area contributed by atoms with Crippen molar-refractivity contribution in [3.05, 3.63) is 23.1 Å². The quantitative estimate of drug-likeness (QED) is 0.730. The molecule has 90 valence electrons. The van der Waals surface area contributed by atoms with Crippen LogP contribution in [0.15, 0.2) is 12.3 Å². The minimum atomic E-state index is 0.517. The number of hydrogen-bond donors (Lipinski definition) is 0. The first-order valence-electron chi connectivity index (χ1n) is 6.01. The van der Waals surface area contributed by atoms with Gasteiger partial charge in [-0.1, -0.05) is 11.6 Å². The van der Waals surface area contributed by atoms with Gasteiger partial charge >= 0.3 is 0 Å². The fourth-order valence-corrected chi connectivity index (χ4v) is 2.58. The van der Waals surface area contributed by atoms with Crippen molar-refractivity contribution >= 4 is 23.2 Å². The second kappa shape index (κ2) is 4.18. The summed E-state index contributed by atoms with van der Waals surface area (Å²) in [6.45, 7) is 4.15. The molecular formula is C12H15ClN4. The summed E-state index contributed by atoms with van der Waals surface area (Å²) in [5, 5.41) is 0.517. The first-order chi connectivity index (χ1) is 8.24. The van der Waals surface area contributed by atoms with Gasteiger partial charge in [0.25, 0.3) is 0 Å². The lowest BCUT2D eigenvalue weighted by Gasteiger charge is -2.29. The van der Waals surface area contributed by atoms with Crippen molar-refractivity contribution in [3.8, 4) is 0 Å². The largest absolute Gasteiger partial charge is 0.358 e. The minimum absolute atomic E-state index is 0.517. The first kappa shape index (κ1) is 10.8. The molecule has 2 aromatic heterocycles. The Balaban J connectivity index is 2.12. The molecule has 0 amide bonds. The number of piperidine rings is 1. The van der Waals surface area contributed by atoms with E-state index in [2.05, 4.69) is 14.9 Å². The lowest BCUT2D eigenvalue weighted by molar-refractivity contribution is 0.571.